The molecule has 0 spiro atoms. The largest absolute Gasteiger partial charge is 0.508 e. The highest BCUT2D eigenvalue weighted by Crippen LogP contribution is 2.12. The zero-order chi connectivity index (χ0) is 22.5. The third-order valence-electron chi connectivity index (χ3n) is 3.77. The number of phenolic OH excluding ortho intramolecular Hbond substituents is 1. The lowest BCUT2D eigenvalue weighted by molar-refractivity contribution is -0.139. The molecule has 11 heteroatoms. The Morgan fingerprint density at radius 1 is 1.13 bits per heavy atom. The van der Waals surface area contributed by atoms with E-state index in [1.54, 1.807) is 24.3 Å². The summed E-state index contributed by atoms with van der Waals surface area (Å²) in [7, 11) is 0. The number of nitrogens with one attached hydrogen (secondary N) is 2. The number of hydrogen-bond donors (Lipinski definition) is 6. The SMILES string of the molecule is NC(CCC(=O)NC(CSCC=Cc1ccc(O)cc1)C(=O)NCC(=O)O)C(=O)O. The number of benzene rings is 1. The van der Waals surface area contributed by atoms with Crippen molar-refractivity contribution < 1.29 is 34.5 Å². The topological polar surface area (TPSA) is 179 Å². The molecule has 1 aromatic rings. The number of thioether (sulfide) groups is 1. The van der Waals surface area contributed by atoms with Gasteiger partial charge in [0.15, 0.2) is 0 Å². The molecule has 7 N–H and O–H groups in total. The Kier molecular flexibility index (Phi) is 11.0. The Hall–Kier alpha value is -3.05. The van der Waals surface area contributed by atoms with Gasteiger partial charge in [-0.25, -0.2) is 0 Å². The molecule has 0 bridgehead atoms. The average Bonchev–Trinajstić information content (AvgIpc) is 2.70. The van der Waals surface area contributed by atoms with Gasteiger partial charge in [-0.05, 0) is 24.1 Å². The lowest BCUT2D eigenvalue weighted by Crippen LogP contribution is -2.49. The van der Waals surface area contributed by atoms with Crippen LogP contribution in [0.5, 0.6) is 5.75 Å². The van der Waals surface area contributed by atoms with E-state index in [0.29, 0.717) is 5.75 Å². The molecular formula is C19H25N3O7S. The van der Waals surface area contributed by atoms with Crippen molar-refractivity contribution in [2.75, 3.05) is 18.1 Å². The molecule has 1 rings (SSSR count). The summed E-state index contributed by atoms with van der Waals surface area (Å²) in [5.74, 6) is -2.78. The smallest absolute Gasteiger partial charge is 0.322 e. The summed E-state index contributed by atoms with van der Waals surface area (Å²) in [4.78, 5) is 45.6. The van der Waals surface area contributed by atoms with E-state index in [9.17, 15) is 24.3 Å². The first-order valence-electron chi connectivity index (χ1n) is 8.99. The van der Waals surface area contributed by atoms with Gasteiger partial charge in [0.2, 0.25) is 11.8 Å². The molecule has 164 valence electrons. The van der Waals surface area contributed by atoms with Crippen LogP contribution < -0.4 is 16.4 Å². The fourth-order valence-electron chi connectivity index (χ4n) is 2.17. The van der Waals surface area contributed by atoms with Crippen LogP contribution in [0, 0.1) is 0 Å². The van der Waals surface area contributed by atoms with Crippen molar-refractivity contribution in [3.63, 3.8) is 0 Å². The second-order valence-electron chi connectivity index (χ2n) is 6.25. The molecule has 0 aliphatic heterocycles. The third-order valence-corrected chi connectivity index (χ3v) is 4.76. The summed E-state index contributed by atoms with van der Waals surface area (Å²) in [6.45, 7) is -0.583. The molecule has 2 atom stereocenters. The van der Waals surface area contributed by atoms with Gasteiger partial charge in [-0.3, -0.25) is 19.2 Å². The lowest BCUT2D eigenvalue weighted by atomic mass is 10.1. The minimum absolute atomic E-state index is 0.0901. The molecule has 0 saturated heterocycles. The van der Waals surface area contributed by atoms with Gasteiger partial charge in [0.1, 0.15) is 24.4 Å². The summed E-state index contributed by atoms with van der Waals surface area (Å²) in [6, 6.07) is 4.42. The van der Waals surface area contributed by atoms with Crippen LogP contribution >= 0.6 is 11.8 Å². The van der Waals surface area contributed by atoms with Gasteiger partial charge in [-0.2, -0.15) is 11.8 Å². The summed E-state index contributed by atoms with van der Waals surface area (Å²) < 4.78 is 0. The quantitative estimate of drug-likeness (QED) is 0.231. The Morgan fingerprint density at radius 3 is 2.40 bits per heavy atom. The van der Waals surface area contributed by atoms with E-state index in [4.69, 9.17) is 15.9 Å². The van der Waals surface area contributed by atoms with Gasteiger partial charge >= 0.3 is 11.9 Å². The zero-order valence-electron chi connectivity index (χ0n) is 16.1. The molecule has 0 radical (unpaired) electrons. The first kappa shape index (κ1) is 25.0. The molecule has 0 aliphatic rings. The molecule has 2 amide bonds. The highest BCUT2D eigenvalue weighted by molar-refractivity contribution is 7.99. The van der Waals surface area contributed by atoms with Crippen LogP contribution in [0.2, 0.25) is 0 Å². The van der Waals surface area contributed by atoms with E-state index in [-0.39, 0.29) is 24.3 Å². The Bertz CT molecular complexity index is 768. The maximum absolute atomic E-state index is 12.2. The summed E-state index contributed by atoms with van der Waals surface area (Å²) in [5.41, 5.74) is 6.24. The summed E-state index contributed by atoms with van der Waals surface area (Å²) >= 11 is 1.34. The molecule has 1 aromatic carbocycles. The summed E-state index contributed by atoms with van der Waals surface area (Å²) in [5, 5.41) is 31.4. The van der Waals surface area contributed by atoms with Crippen molar-refractivity contribution in [2.24, 2.45) is 5.73 Å². The van der Waals surface area contributed by atoms with E-state index in [1.165, 1.54) is 11.8 Å². The Morgan fingerprint density at radius 2 is 1.80 bits per heavy atom. The van der Waals surface area contributed by atoms with E-state index >= 15 is 0 Å². The normalized spacial score (nSPS) is 12.8. The second-order valence-corrected chi connectivity index (χ2v) is 7.32. The number of carbonyl (C=O) groups excluding carboxylic acids is 2. The maximum Gasteiger partial charge on any atom is 0.322 e. The first-order chi connectivity index (χ1) is 14.2. The number of aliphatic carboxylic acids is 2. The number of rotatable bonds is 13. The van der Waals surface area contributed by atoms with Crippen molar-refractivity contribution in [1.82, 2.24) is 10.6 Å². The molecule has 0 saturated carbocycles. The minimum Gasteiger partial charge on any atom is -0.508 e. The van der Waals surface area contributed by atoms with Crippen molar-refractivity contribution in [3.05, 3.63) is 35.9 Å². The number of aromatic hydroxyl groups is 1. The van der Waals surface area contributed by atoms with Crippen LogP contribution in [0.4, 0.5) is 0 Å². The number of carboxylic acids is 2. The van der Waals surface area contributed by atoms with E-state index in [1.807, 2.05) is 12.2 Å². The van der Waals surface area contributed by atoms with Gasteiger partial charge in [-0.1, -0.05) is 24.3 Å². The number of carbonyl (C=O) groups is 4. The molecule has 30 heavy (non-hydrogen) atoms. The molecule has 0 fully saturated rings. The number of carboxylic acid groups (broad SMARTS) is 2. The average molecular weight is 439 g/mol. The standard InChI is InChI=1S/C19H25N3O7S/c20-14(19(28)29)7-8-16(24)22-15(18(27)21-10-17(25)26)11-30-9-1-2-12-3-5-13(23)6-4-12/h1-6,14-15,23H,7-11,20H2,(H,21,27)(H,22,24)(H,25,26)(H,28,29). The van der Waals surface area contributed by atoms with Crippen molar-refractivity contribution in [2.45, 2.75) is 24.9 Å². The van der Waals surface area contributed by atoms with Crippen molar-refractivity contribution >= 4 is 41.6 Å². The number of hydrogen-bond acceptors (Lipinski definition) is 7. The van der Waals surface area contributed by atoms with Crippen LogP contribution in [0.1, 0.15) is 18.4 Å². The second kappa shape index (κ2) is 13.2. The molecule has 0 heterocycles. The van der Waals surface area contributed by atoms with Crippen LogP contribution in [0.25, 0.3) is 6.08 Å². The van der Waals surface area contributed by atoms with Crippen LogP contribution in [-0.4, -0.2) is 69.2 Å². The Labute approximate surface area is 177 Å². The van der Waals surface area contributed by atoms with Gasteiger partial charge in [0.05, 0.1) is 0 Å². The summed E-state index contributed by atoms with van der Waals surface area (Å²) in [6.07, 6.45) is 3.41. The lowest BCUT2D eigenvalue weighted by Gasteiger charge is -2.18. The van der Waals surface area contributed by atoms with Gasteiger partial charge in [0, 0.05) is 17.9 Å². The highest BCUT2D eigenvalue weighted by Gasteiger charge is 2.22. The third kappa shape index (κ3) is 10.5. The minimum atomic E-state index is -1.23. The van der Waals surface area contributed by atoms with Crippen molar-refractivity contribution in [3.8, 4) is 5.75 Å². The van der Waals surface area contributed by atoms with Crippen LogP contribution in [-0.2, 0) is 19.2 Å². The Balaban J connectivity index is 2.56. The van der Waals surface area contributed by atoms with Gasteiger partial charge in [0.25, 0.3) is 0 Å². The number of phenols is 1. The predicted octanol–water partition coefficient (Wildman–Crippen LogP) is 0.0163. The fourth-order valence-corrected chi connectivity index (χ4v) is 3.01. The van der Waals surface area contributed by atoms with E-state index in [0.717, 1.165) is 5.56 Å². The fraction of sp³-hybridized carbons (Fsp3) is 0.368. The first-order valence-corrected chi connectivity index (χ1v) is 10.1. The molecule has 0 aliphatic carbocycles. The highest BCUT2D eigenvalue weighted by atomic mass is 32.2. The van der Waals surface area contributed by atoms with Gasteiger partial charge < -0.3 is 31.7 Å². The number of amides is 2. The molecular weight excluding hydrogens is 414 g/mol. The maximum atomic E-state index is 12.2. The zero-order valence-corrected chi connectivity index (χ0v) is 16.9. The van der Waals surface area contributed by atoms with Crippen LogP contribution in [0.15, 0.2) is 30.3 Å². The van der Waals surface area contributed by atoms with Crippen LogP contribution in [0.3, 0.4) is 0 Å². The van der Waals surface area contributed by atoms with Crippen molar-refractivity contribution in [1.29, 1.82) is 0 Å². The van der Waals surface area contributed by atoms with E-state index in [2.05, 4.69) is 10.6 Å². The number of nitrogens with two attached hydrogens (primary N) is 1. The van der Waals surface area contributed by atoms with Gasteiger partial charge in [-0.15, -0.1) is 0 Å². The molecule has 0 aromatic heterocycles. The van der Waals surface area contributed by atoms with E-state index < -0.39 is 42.4 Å². The monoisotopic (exact) mass is 439 g/mol. The molecule has 2 unspecified atom stereocenters. The predicted molar refractivity (Wildman–Crippen MR) is 112 cm³/mol. The molecule has 10 nitrogen and oxygen atoms in total.